The summed E-state index contributed by atoms with van der Waals surface area (Å²) in [6.07, 6.45) is -0.0982. The molecule has 0 bridgehead atoms. The van der Waals surface area contributed by atoms with Crippen molar-refractivity contribution in [3.63, 3.8) is 0 Å². The summed E-state index contributed by atoms with van der Waals surface area (Å²) in [5.41, 5.74) is 0.0317. The number of halogens is 3. The Labute approximate surface area is 85.3 Å². The molecule has 15 heavy (non-hydrogen) atoms. The molecule has 0 aromatic carbocycles. The summed E-state index contributed by atoms with van der Waals surface area (Å²) >= 11 is 0. The SMILES string of the molecule is On1cc(C(F)(F)F)c2c1CCCCC2. The fourth-order valence-electron chi connectivity index (χ4n) is 2.13. The summed E-state index contributed by atoms with van der Waals surface area (Å²) in [6, 6.07) is 0. The van der Waals surface area contributed by atoms with Gasteiger partial charge in [-0.25, -0.2) is 0 Å². The van der Waals surface area contributed by atoms with E-state index in [1.807, 2.05) is 0 Å². The van der Waals surface area contributed by atoms with Gasteiger partial charge < -0.3 is 5.21 Å². The van der Waals surface area contributed by atoms with E-state index in [1.165, 1.54) is 0 Å². The molecule has 0 radical (unpaired) electrons. The summed E-state index contributed by atoms with van der Waals surface area (Å²) < 4.78 is 38.4. The van der Waals surface area contributed by atoms with Crippen molar-refractivity contribution in [3.8, 4) is 0 Å². The van der Waals surface area contributed by atoms with Gasteiger partial charge in [-0.15, -0.1) is 0 Å². The third-order valence-electron chi connectivity index (χ3n) is 2.85. The van der Waals surface area contributed by atoms with Gasteiger partial charge in [0, 0.05) is 0 Å². The average molecular weight is 219 g/mol. The van der Waals surface area contributed by atoms with Gasteiger partial charge in [-0.1, -0.05) is 6.42 Å². The zero-order valence-corrected chi connectivity index (χ0v) is 8.14. The van der Waals surface area contributed by atoms with E-state index in [4.69, 9.17) is 0 Å². The molecule has 1 heterocycles. The van der Waals surface area contributed by atoms with Crippen LogP contribution in [-0.2, 0) is 19.0 Å². The molecule has 1 aromatic heterocycles. The lowest BCUT2D eigenvalue weighted by Gasteiger charge is -2.06. The molecule has 0 unspecified atom stereocenters. The molecule has 84 valence electrons. The van der Waals surface area contributed by atoms with E-state index in [2.05, 4.69) is 0 Å². The summed E-state index contributed by atoms with van der Waals surface area (Å²) in [5.74, 6) is 0. The van der Waals surface area contributed by atoms with Crippen LogP contribution >= 0.6 is 0 Å². The highest BCUT2D eigenvalue weighted by Crippen LogP contribution is 2.36. The van der Waals surface area contributed by atoms with Crippen LogP contribution in [0.5, 0.6) is 0 Å². The smallest absolute Gasteiger partial charge is 0.418 e. The minimum absolute atomic E-state index is 0.280. The first-order valence-corrected chi connectivity index (χ1v) is 4.99. The van der Waals surface area contributed by atoms with Gasteiger partial charge in [0.15, 0.2) is 0 Å². The first-order chi connectivity index (χ1) is 7.00. The van der Waals surface area contributed by atoms with Crippen molar-refractivity contribution >= 4 is 0 Å². The Kier molecular flexibility index (Phi) is 2.40. The third kappa shape index (κ3) is 1.82. The molecule has 1 aliphatic carbocycles. The highest BCUT2D eigenvalue weighted by Gasteiger charge is 2.37. The van der Waals surface area contributed by atoms with Gasteiger partial charge in [-0.2, -0.15) is 17.9 Å². The molecule has 0 amide bonds. The van der Waals surface area contributed by atoms with Crippen LogP contribution in [0.1, 0.15) is 36.1 Å². The van der Waals surface area contributed by atoms with Crippen LogP contribution in [0.15, 0.2) is 6.20 Å². The number of nitrogens with zero attached hydrogens (tertiary/aromatic N) is 1. The molecule has 0 atom stereocenters. The van der Waals surface area contributed by atoms with E-state index in [0.29, 0.717) is 23.3 Å². The van der Waals surface area contributed by atoms with Crippen molar-refractivity contribution in [1.82, 2.24) is 4.73 Å². The van der Waals surface area contributed by atoms with E-state index in [1.54, 1.807) is 0 Å². The zero-order valence-electron chi connectivity index (χ0n) is 8.14. The van der Waals surface area contributed by atoms with Crippen molar-refractivity contribution in [3.05, 3.63) is 23.0 Å². The van der Waals surface area contributed by atoms with E-state index < -0.39 is 11.7 Å². The highest BCUT2D eigenvalue weighted by molar-refractivity contribution is 5.35. The molecule has 1 N–H and O–H groups in total. The second-order valence-corrected chi connectivity index (χ2v) is 3.87. The first-order valence-electron chi connectivity index (χ1n) is 4.99. The second-order valence-electron chi connectivity index (χ2n) is 3.87. The number of alkyl halides is 3. The molecule has 0 aliphatic heterocycles. The third-order valence-corrected chi connectivity index (χ3v) is 2.85. The van der Waals surface area contributed by atoms with Crippen molar-refractivity contribution in [2.45, 2.75) is 38.3 Å². The van der Waals surface area contributed by atoms with E-state index in [9.17, 15) is 18.4 Å². The molecule has 1 aliphatic rings. The maximum Gasteiger partial charge on any atom is 0.418 e. The van der Waals surface area contributed by atoms with Crippen LogP contribution in [-0.4, -0.2) is 9.94 Å². The van der Waals surface area contributed by atoms with Crippen LogP contribution in [0.2, 0.25) is 0 Å². The molecule has 0 fully saturated rings. The van der Waals surface area contributed by atoms with Gasteiger partial charge in [-0.05, 0) is 31.2 Å². The average Bonchev–Trinajstić information content (AvgIpc) is 2.37. The standard InChI is InChI=1S/C10H12F3NO/c11-10(12,13)8-6-14(15)9-5-3-1-2-4-7(8)9/h6,15H,1-5H2. The summed E-state index contributed by atoms with van der Waals surface area (Å²) in [5, 5.41) is 9.38. The minimum atomic E-state index is -4.36. The molecule has 2 rings (SSSR count). The first kappa shape index (κ1) is 10.4. The normalized spacial score (nSPS) is 17.3. The largest absolute Gasteiger partial charge is 0.429 e. The Morgan fingerprint density at radius 2 is 1.80 bits per heavy atom. The van der Waals surface area contributed by atoms with Gasteiger partial charge in [0.1, 0.15) is 0 Å². The Morgan fingerprint density at radius 3 is 2.47 bits per heavy atom. The number of fused-ring (bicyclic) bond motifs is 1. The molecule has 0 saturated carbocycles. The number of rotatable bonds is 0. The lowest BCUT2D eigenvalue weighted by molar-refractivity contribution is -0.138. The minimum Gasteiger partial charge on any atom is -0.429 e. The number of hydrogen-bond donors (Lipinski definition) is 1. The van der Waals surface area contributed by atoms with Crippen molar-refractivity contribution in [2.75, 3.05) is 0 Å². The number of hydrogen-bond acceptors (Lipinski definition) is 1. The van der Waals surface area contributed by atoms with E-state index in [-0.39, 0.29) is 5.56 Å². The van der Waals surface area contributed by atoms with Crippen molar-refractivity contribution in [1.29, 1.82) is 0 Å². The second kappa shape index (κ2) is 3.47. The van der Waals surface area contributed by atoms with Gasteiger partial charge in [0.2, 0.25) is 0 Å². The Morgan fingerprint density at radius 1 is 1.13 bits per heavy atom. The van der Waals surface area contributed by atoms with Crippen LogP contribution < -0.4 is 0 Å². The van der Waals surface area contributed by atoms with Gasteiger partial charge in [0.05, 0.1) is 17.5 Å². The predicted molar refractivity (Wildman–Crippen MR) is 47.9 cm³/mol. The lowest BCUT2D eigenvalue weighted by atomic mass is 10.1. The fraction of sp³-hybridized carbons (Fsp3) is 0.600. The number of aromatic nitrogens is 1. The van der Waals surface area contributed by atoms with Crippen LogP contribution in [0.3, 0.4) is 0 Å². The summed E-state index contributed by atoms with van der Waals surface area (Å²) in [6.45, 7) is 0. The maximum absolute atomic E-state index is 12.6. The molecular weight excluding hydrogens is 207 g/mol. The molecular formula is C10H12F3NO. The van der Waals surface area contributed by atoms with Crippen LogP contribution in [0, 0.1) is 0 Å². The predicted octanol–water partition coefficient (Wildman–Crippen LogP) is 3.01. The Hall–Kier alpha value is -1.13. The summed E-state index contributed by atoms with van der Waals surface area (Å²) in [4.78, 5) is 0. The summed E-state index contributed by atoms with van der Waals surface area (Å²) in [7, 11) is 0. The topological polar surface area (TPSA) is 25.2 Å². The zero-order chi connectivity index (χ0) is 11.1. The molecule has 0 spiro atoms. The van der Waals surface area contributed by atoms with Crippen LogP contribution in [0.4, 0.5) is 13.2 Å². The van der Waals surface area contributed by atoms with Crippen LogP contribution in [0.25, 0.3) is 0 Å². The maximum atomic E-state index is 12.6. The van der Waals surface area contributed by atoms with Crippen molar-refractivity contribution < 1.29 is 18.4 Å². The molecule has 0 saturated heterocycles. The molecule has 2 nitrogen and oxygen atoms in total. The van der Waals surface area contributed by atoms with E-state index in [0.717, 1.165) is 25.5 Å². The van der Waals surface area contributed by atoms with Gasteiger partial charge >= 0.3 is 6.18 Å². The Bertz CT molecular complexity index is 367. The van der Waals surface area contributed by atoms with Gasteiger partial charge in [-0.3, -0.25) is 0 Å². The van der Waals surface area contributed by atoms with Crippen molar-refractivity contribution in [2.24, 2.45) is 0 Å². The molecule has 1 aromatic rings. The van der Waals surface area contributed by atoms with Gasteiger partial charge in [0.25, 0.3) is 0 Å². The van der Waals surface area contributed by atoms with E-state index >= 15 is 0 Å². The molecule has 5 heteroatoms. The highest BCUT2D eigenvalue weighted by atomic mass is 19.4. The monoisotopic (exact) mass is 219 g/mol. The lowest BCUT2D eigenvalue weighted by Crippen LogP contribution is -2.07. The fourth-order valence-corrected chi connectivity index (χ4v) is 2.13. The Balaban J connectivity index is 2.49. The quantitative estimate of drug-likeness (QED) is 0.526.